The van der Waals surface area contributed by atoms with E-state index < -0.39 is 5.97 Å². The Kier molecular flexibility index (Phi) is 5.09. The molecular weight excluding hydrogens is 282 g/mol. The normalized spacial score (nSPS) is 11.0. The number of aromatic nitrogens is 3. The molecule has 0 aromatic carbocycles. The first-order valence-corrected chi connectivity index (χ1v) is 8.24. The van der Waals surface area contributed by atoms with Crippen molar-refractivity contribution < 1.29 is 9.90 Å². The Morgan fingerprint density at radius 2 is 2.37 bits per heavy atom. The van der Waals surface area contributed by atoms with Gasteiger partial charge in [0.15, 0.2) is 5.16 Å². The van der Waals surface area contributed by atoms with Crippen LogP contribution in [0.15, 0.2) is 23.6 Å². The van der Waals surface area contributed by atoms with Crippen LogP contribution in [0.3, 0.4) is 0 Å². The molecule has 7 heteroatoms. The van der Waals surface area contributed by atoms with Crippen LogP contribution < -0.4 is 0 Å². The lowest BCUT2D eigenvalue weighted by Crippen LogP contribution is -2.04. The fraction of sp³-hybridized carbons (Fsp3) is 0.417. The van der Waals surface area contributed by atoms with E-state index in [2.05, 4.69) is 20.8 Å². The van der Waals surface area contributed by atoms with E-state index in [1.54, 1.807) is 24.2 Å². The zero-order valence-corrected chi connectivity index (χ0v) is 12.2. The van der Waals surface area contributed by atoms with Crippen LogP contribution in [0, 0.1) is 0 Å². The van der Waals surface area contributed by atoms with Gasteiger partial charge in [-0.1, -0.05) is 11.8 Å². The van der Waals surface area contributed by atoms with Crippen LogP contribution in [0.25, 0.3) is 11.0 Å². The fourth-order valence-corrected chi connectivity index (χ4v) is 2.96. The molecule has 2 rings (SSSR count). The second-order valence-electron chi connectivity index (χ2n) is 3.94. The Morgan fingerprint density at radius 3 is 3.11 bits per heavy atom. The van der Waals surface area contributed by atoms with Gasteiger partial charge in [0.1, 0.15) is 5.52 Å². The first kappa shape index (κ1) is 14.2. The van der Waals surface area contributed by atoms with Crippen molar-refractivity contribution in [3.8, 4) is 0 Å². The molecule has 0 radical (unpaired) electrons. The fourth-order valence-electron chi connectivity index (χ4n) is 1.78. The summed E-state index contributed by atoms with van der Waals surface area (Å²) in [6.07, 6.45) is 6.57. The minimum Gasteiger partial charge on any atom is -0.481 e. The summed E-state index contributed by atoms with van der Waals surface area (Å²) >= 11 is 3.06. The summed E-state index contributed by atoms with van der Waals surface area (Å²) in [6.45, 7) is 0.851. The number of fused-ring (bicyclic) bond motifs is 1. The summed E-state index contributed by atoms with van der Waals surface area (Å²) in [6, 6.07) is 1.92. The number of hydrogen-bond acceptors (Lipinski definition) is 5. The number of carbonyl (C=O) groups is 1. The molecule has 2 aromatic heterocycles. The van der Waals surface area contributed by atoms with E-state index in [4.69, 9.17) is 5.11 Å². The van der Waals surface area contributed by atoms with E-state index in [1.165, 1.54) is 11.8 Å². The number of aliphatic carboxylic acids is 1. The number of hydrogen-bond donors (Lipinski definition) is 1. The first-order chi connectivity index (χ1) is 9.22. The molecule has 0 spiro atoms. The van der Waals surface area contributed by atoms with E-state index >= 15 is 0 Å². The third-order valence-corrected chi connectivity index (χ3v) is 4.23. The van der Waals surface area contributed by atoms with Gasteiger partial charge >= 0.3 is 5.97 Å². The molecule has 2 aromatic rings. The van der Waals surface area contributed by atoms with Crippen molar-refractivity contribution in [2.45, 2.75) is 18.1 Å². The van der Waals surface area contributed by atoms with Gasteiger partial charge in [-0.2, -0.15) is 11.8 Å². The Labute approximate surface area is 119 Å². The summed E-state index contributed by atoms with van der Waals surface area (Å²) in [7, 11) is 0. The van der Waals surface area contributed by atoms with Crippen molar-refractivity contribution in [2.24, 2.45) is 0 Å². The predicted octanol–water partition coefficient (Wildman–Crippen LogP) is 2.36. The maximum absolute atomic E-state index is 10.7. The molecule has 0 aliphatic carbocycles. The molecule has 0 atom stereocenters. The summed E-state index contributed by atoms with van der Waals surface area (Å²) in [5.41, 5.74) is 1.84. The molecule has 0 amide bonds. The maximum Gasteiger partial charge on any atom is 0.313 e. The quantitative estimate of drug-likeness (QED) is 0.625. The van der Waals surface area contributed by atoms with Crippen molar-refractivity contribution in [1.29, 1.82) is 0 Å². The van der Waals surface area contributed by atoms with E-state index in [9.17, 15) is 4.79 Å². The number of carboxylic acid groups (broad SMARTS) is 1. The van der Waals surface area contributed by atoms with E-state index in [1.807, 2.05) is 6.07 Å². The van der Waals surface area contributed by atoms with Crippen LogP contribution in [0.4, 0.5) is 0 Å². The van der Waals surface area contributed by atoms with Crippen molar-refractivity contribution >= 4 is 40.5 Å². The van der Waals surface area contributed by atoms with Crippen LogP contribution in [0.1, 0.15) is 6.42 Å². The zero-order chi connectivity index (χ0) is 13.7. The molecule has 102 valence electrons. The average molecular weight is 297 g/mol. The molecule has 0 saturated carbocycles. The number of aryl methyl sites for hydroxylation is 1. The molecule has 0 unspecified atom stereocenters. The molecule has 0 bridgehead atoms. The minimum absolute atomic E-state index is 0.0271. The lowest BCUT2D eigenvalue weighted by Gasteiger charge is -2.07. The largest absolute Gasteiger partial charge is 0.481 e. The third-order valence-electron chi connectivity index (χ3n) is 2.57. The molecule has 2 heterocycles. The second kappa shape index (κ2) is 6.81. The molecule has 1 N–H and O–H groups in total. The monoisotopic (exact) mass is 297 g/mol. The number of carboxylic acids is 1. The molecular formula is C12H15N3O2S2. The Hall–Kier alpha value is -1.21. The molecule has 0 fully saturated rings. The highest BCUT2D eigenvalue weighted by atomic mass is 32.2. The summed E-state index contributed by atoms with van der Waals surface area (Å²) in [5.74, 6) is 0.276. The molecule has 19 heavy (non-hydrogen) atoms. The second-order valence-corrected chi connectivity index (χ2v) is 5.87. The van der Waals surface area contributed by atoms with E-state index in [-0.39, 0.29) is 5.75 Å². The van der Waals surface area contributed by atoms with Crippen LogP contribution in [0.5, 0.6) is 0 Å². The van der Waals surface area contributed by atoms with Gasteiger partial charge in [0.25, 0.3) is 0 Å². The average Bonchev–Trinajstić information content (AvgIpc) is 2.75. The smallest absolute Gasteiger partial charge is 0.313 e. The number of imidazole rings is 1. The predicted molar refractivity (Wildman–Crippen MR) is 78.9 cm³/mol. The van der Waals surface area contributed by atoms with Gasteiger partial charge in [-0.3, -0.25) is 9.78 Å². The van der Waals surface area contributed by atoms with Gasteiger partial charge in [-0.25, -0.2) is 4.98 Å². The highest BCUT2D eigenvalue weighted by Crippen LogP contribution is 2.24. The minimum atomic E-state index is -0.828. The van der Waals surface area contributed by atoms with Crippen molar-refractivity contribution in [2.75, 3.05) is 17.8 Å². The van der Waals surface area contributed by atoms with Gasteiger partial charge in [0.05, 0.1) is 17.5 Å². The Balaban J connectivity index is 2.26. The number of thioether (sulfide) groups is 2. The lowest BCUT2D eigenvalue weighted by atomic mass is 10.4. The van der Waals surface area contributed by atoms with Gasteiger partial charge in [0, 0.05) is 12.7 Å². The SMILES string of the molecule is CSCCCn1c(SCC(=O)O)nc2cnccc21. The van der Waals surface area contributed by atoms with Gasteiger partial charge in [0.2, 0.25) is 0 Å². The van der Waals surface area contributed by atoms with Crippen LogP contribution >= 0.6 is 23.5 Å². The zero-order valence-electron chi connectivity index (χ0n) is 10.6. The van der Waals surface area contributed by atoms with Crippen LogP contribution in [-0.2, 0) is 11.3 Å². The van der Waals surface area contributed by atoms with Gasteiger partial charge < -0.3 is 9.67 Å². The van der Waals surface area contributed by atoms with Gasteiger partial charge in [-0.05, 0) is 24.5 Å². The Bertz CT molecular complexity index is 571. The summed E-state index contributed by atoms with van der Waals surface area (Å²) in [4.78, 5) is 19.2. The molecule has 0 aliphatic heterocycles. The molecule has 5 nitrogen and oxygen atoms in total. The van der Waals surface area contributed by atoms with Crippen molar-refractivity contribution in [3.63, 3.8) is 0 Å². The molecule has 0 aliphatic rings. The van der Waals surface area contributed by atoms with Crippen LogP contribution in [0.2, 0.25) is 0 Å². The number of rotatable bonds is 7. The molecule has 0 saturated heterocycles. The summed E-state index contributed by atoms with van der Waals surface area (Å²) < 4.78 is 2.08. The Morgan fingerprint density at radius 1 is 1.53 bits per heavy atom. The highest BCUT2D eigenvalue weighted by Gasteiger charge is 2.12. The van der Waals surface area contributed by atoms with E-state index in [0.29, 0.717) is 0 Å². The number of pyridine rings is 1. The first-order valence-electron chi connectivity index (χ1n) is 5.86. The van der Waals surface area contributed by atoms with Gasteiger partial charge in [-0.15, -0.1) is 0 Å². The highest BCUT2D eigenvalue weighted by molar-refractivity contribution is 7.99. The number of nitrogens with zero attached hydrogens (tertiary/aromatic N) is 3. The lowest BCUT2D eigenvalue weighted by molar-refractivity contribution is -0.133. The van der Waals surface area contributed by atoms with E-state index in [0.717, 1.165) is 34.9 Å². The van der Waals surface area contributed by atoms with Crippen molar-refractivity contribution in [1.82, 2.24) is 14.5 Å². The topological polar surface area (TPSA) is 68.0 Å². The standard InChI is InChI=1S/C12H15N3O2S2/c1-18-6-2-5-15-10-3-4-13-7-9(10)14-12(15)19-8-11(16)17/h3-4,7H,2,5-6,8H2,1H3,(H,16,17). The van der Waals surface area contributed by atoms with Crippen molar-refractivity contribution in [3.05, 3.63) is 18.5 Å². The maximum atomic E-state index is 10.7. The van der Waals surface area contributed by atoms with Crippen LogP contribution in [-0.4, -0.2) is 43.4 Å². The third kappa shape index (κ3) is 3.63. The summed E-state index contributed by atoms with van der Waals surface area (Å²) in [5, 5.41) is 9.54.